The number of likely N-dealkylation sites (tertiary alicyclic amines) is 1. The normalized spacial score (nSPS) is 21.9. The lowest BCUT2D eigenvalue weighted by atomic mass is 9.83. The van der Waals surface area contributed by atoms with Crippen LogP contribution in [0.1, 0.15) is 52.5 Å². The maximum absolute atomic E-state index is 12.4. The molecule has 0 saturated carbocycles. The van der Waals surface area contributed by atoms with Crippen LogP contribution in [0.5, 0.6) is 5.75 Å². The Bertz CT molecular complexity index is 757. The van der Waals surface area contributed by atoms with E-state index in [0.29, 0.717) is 13.1 Å². The van der Waals surface area contributed by atoms with E-state index in [1.165, 1.54) is 11.3 Å². The Hall–Kier alpha value is -1.95. The van der Waals surface area contributed by atoms with Gasteiger partial charge >= 0.3 is 6.09 Å². The van der Waals surface area contributed by atoms with Gasteiger partial charge in [0, 0.05) is 57.8 Å². The highest BCUT2D eigenvalue weighted by molar-refractivity contribution is 5.68. The van der Waals surface area contributed by atoms with Gasteiger partial charge in [-0.1, -0.05) is 6.92 Å². The minimum Gasteiger partial charge on any atom is -0.487 e. The second kappa shape index (κ2) is 8.29. The van der Waals surface area contributed by atoms with E-state index >= 15 is 0 Å². The molecule has 166 valence electrons. The number of rotatable bonds is 2. The predicted molar refractivity (Wildman–Crippen MR) is 119 cm³/mol. The largest absolute Gasteiger partial charge is 0.487 e. The van der Waals surface area contributed by atoms with Crippen LogP contribution in [0.3, 0.4) is 0 Å². The summed E-state index contributed by atoms with van der Waals surface area (Å²) in [4.78, 5) is 19.2. The summed E-state index contributed by atoms with van der Waals surface area (Å²) < 4.78 is 12.1. The van der Waals surface area contributed by atoms with Crippen molar-refractivity contribution in [1.82, 2.24) is 9.80 Å². The van der Waals surface area contributed by atoms with Crippen molar-refractivity contribution >= 4 is 11.8 Å². The van der Waals surface area contributed by atoms with E-state index in [9.17, 15) is 4.79 Å². The van der Waals surface area contributed by atoms with Gasteiger partial charge < -0.3 is 24.2 Å². The Morgan fingerprint density at radius 3 is 2.40 bits per heavy atom. The van der Waals surface area contributed by atoms with Crippen molar-refractivity contribution < 1.29 is 14.3 Å². The Kier molecular flexibility index (Phi) is 5.88. The fourth-order valence-corrected chi connectivity index (χ4v) is 4.80. The van der Waals surface area contributed by atoms with Gasteiger partial charge in [-0.3, -0.25) is 0 Å². The van der Waals surface area contributed by atoms with E-state index < -0.39 is 5.60 Å². The molecule has 6 nitrogen and oxygen atoms in total. The van der Waals surface area contributed by atoms with E-state index in [-0.39, 0.29) is 11.7 Å². The number of piperidine rings is 1. The first-order chi connectivity index (χ1) is 14.3. The number of fused-ring (bicyclic) bond motifs is 1. The summed E-state index contributed by atoms with van der Waals surface area (Å²) in [7, 11) is 0. The molecule has 4 rings (SSSR count). The standard InChI is InChI=1S/C24H37N3O3/c1-5-25-14-16-26(17-15-25)20-6-7-21-19(18-20)8-9-24(29-21)10-12-27(13-11-24)22(28)30-23(2,3)4/h6-7,18H,5,8-17H2,1-4H3. The highest BCUT2D eigenvalue weighted by Gasteiger charge is 2.41. The molecule has 1 amide bonds. The summed E-state index contributed by atoms with van der Waals surface area (Å²) in [6, 6.07) is 6.72. The first kappa shape index (κ1) is 21.3. The topological polar surface area (TPSA) is 45.2 Å². The molecule has 0 radical (unpaired) electrons. The third kappa shape index (κ3) is 4.69. The molecule has 2 fully saturated rings. The van der Waals surface area contributed by atoms with Gasteiger partial charge in [-0.05, 0) is 63.9 Å². The zero-order chi connectivity index (χ0) is 21.4. The van der Waals surface area contributed by atoms with Crippen LogP contribution in [-0.4, -0.2) is 72.9 Å². The van der Waals surface area contributed by atoms with Gasteiger partial charge in [0.05, 0.1) is 0 Å². The number of ether oxygens (including phenoxy) is 2. The summed E-state index contributed by atoms with van der Waals surface area (Å²) in [6.45, 7) is 15.0. The highest BCUT2D eigenvalue weighted by Crippen LogP contribution is 2.41. The maximum Gasteiger partial charge on any atom is 0.410 e. The van der Waals surface area contributed by atoms with Crippen molar-refractivity contribution in [3.05, 3.63) is 23.8 Å². The molecule has 2 saturated heterocycles. The molecule has 6 heteroatoms. The SMILES string of the molecule is CCN1CCN(c2ccc3c(c2)CCC2(CCN(C(=O)OC(C)(C)C)CC2)O3)CC1. The van der Waals surface area contributed by atoms with Crippen molar-refractivity contribution in [3.8, 4) is 5.75 Å². The van der Waals surface area contributed by atoms with E-state index in [4.69, 9.17) is 9.47 Å². The molecule has 0 aromatic heterocycles. The maximum atomic E-state index is 12.4. The summed E-state index contributed by atoms with van der Waals surface area (Å²) >= 11 is 0. The zero-order valence-electron chi connectivity index (χ0n) is 19.1. The fourth-order valence-electron chi connectivity index (χ4n) is 4.80. The van der Waals surface area contributed by atoms with Crippen molar-refractivity contribution in [2.75, 3.05) is 50.7 Å². The van der Waals surface area contributed by atoms with Gasteiger partial charge in [0.2, 0.25) is 0 Å². The van der Waals surface area contributed by atoms with Crippen LogP contribution in [-0.2, 0) is 11.2 Å². The smallest absolute Gasteiger partial charge is 0.410 e. The van der Waals surface area contributed by atoms with Crippen LogP contribution >= 0.6 is 0 Å². The molecule has 0 atom stereocenters. The van der Waals surface area contributed by atoms with E-state index in [1.807, 2.05) is 25.7 Å². The number of benzene rings is 1. The van der Waals surface area contributed by atoms with Crippen molar-refractivity contribution in [1.29, 1.82) is 0 Å². The quantitative estimate of drug-likeness (QED) is 0.733. The molecule has 1 aromatic rings. The number of carbonyl (C=O) groups is 1. The highest BCUT2D eigenvalue weighted by atomic mass is 16.6. The number of hydrogen-bond acceptors (Lipinski definition) is 5. The number of nitrogens with zero attached hydrogens (tertiary/aromatic N) is 3. The molecule has 0 N–H and O–H groups in total. The third-order valence-electron chi connectivity index (χ3n) is 6.73. The van der Waals surface area contributed by atoms with Crippen LogP contribution in [0.4, 0.5) is 10.5 Å². The molecule has 0 bridgehead atoms. The number of amides is 1. The minimum atomic E-state index is -0.451. The Morgan fingerprint density at radius 2 is 1.77 bits per heavy atom. The molecular formula is C24H37N3O3. The molecule has 1 spiro atoms. The monoisotopic (exact) mass is 415 g/mol. The Morgan fingerprint density at radius 1 is 1.07 bits per heavy atom. The summed E-state index contributed by atoms with van der Waals surface area (Å²) in [5.41, 5.74) is 2.06. The number of likely N-dealkylation sites (N-methyl/N-ethyl adjacent to an activating group) is 1. The third-order valence-corrected chi connectivity index (χ3v) is 6.73. The molecule has 3 aliphatic heterocycles. The van der Waals surface area contributed by atoms with Gasteiger partial charge in [0.1, 0.15) is 17.0 Å². The summed E-state index contributed by atoms with van der Waals surface area (Å²) in [6.07, 6.45) is 3.60. The lowest BCUT2D eigenvalue weighted by Gasteiger charge is -2.45. The van der Waals surface area contributed by atoms with Gasteiger partial charge in [0.25, 0.3) is 0 Å². The molecular weight excluding hydrogens is 378 g/mol. The van der Waals surface area contributed by atoms with Crippen LogP contribution in [0.2, 0.25) is 0 Å². The molecule has 3 aliphatic rings. The van der Waals surface area contributed by atoms with Crippen molar-refractivity contribution in [2.45, 2.75) is 64.6 Å². The van der Waals surface area contributed by atoms with Crippen LogP contribution in [0.25, 0.3) is 0 Å². The van der Waals surface area contributed by atoms with Crippen molar-refractivity contribution in [3.63, 3.8) is 0 Å². The molecule has 30 heavy (non-hydrogen) atoms. The lowest BCUT2D eigenvalue weighted by Crippen LogP contribution is -2.52. The second-order valence-electron chi connectivity index (χ2n) is 9.97. The minimum absolute atomic E-state index is 0.139. The van der Waals surface area contributed by atoms with Crippen LogP contribution in [0, 0.1) is 0 Å². The zero-order valence-corrected chi connectivity index (χ0v) is 19.1. The number of aryl methyl sites for hydroxylation is 1. The Labute approximate surface area is 181 Å². The predicted octanol–water partition coefficient (Wildman–Crippen LogP) is 3.92. The first-order valence-electron chi connectivity index (χ1n) is 11.5. The van der Waals surface area contributed by atoms with E-state index in [2.05, 4.69) is 34.9 Å². The van der Waals surface area contributed by atoms with Crippen molar-refractivity contribution in [2.24, 2.45) is 0 Å². The number of hydrogen-bond donors (Lipinski definition) is 0. The number of piperazine rings is 1. The average Bonchev–Trinajstić information content (AvgIpc) is 2.73. The van der Waals surface area contributed by atoms with Gasteiger partial charge in [-0.25, -0.2) is 4.79 Å². The van der Waals surface area contributed by atoms with E-state index in [0.717, 1.165) is 64.2 Å². The molecule has 0 unspecified atom stereocenters. The summed E-state index contributed by atoms with van der Waals surface area (Å²) in [5, 5.41) is 0. The fraction of sp³-hybridized carbons (Fsp3) is 0.708. The Balaban J connectivity index is 1.36. The van der Waals surface area contributed by atoms with Crippen LogP contribution < -0.4 is 9.64 Å². The molecule has 3 heterocycles. The van der Waals surface area contributed by atoms with Crippen LogP contribution in [0.15, 0.2) is 18.2 Å². The summed E-state index contributed by atoms with van der Waals surface area (Å²) in [5.74, 6) is 1.03. The molecule has 1 aromatic carbocycles. The number of carbonyl (C=O) groups excluding carboxylic acids is 1. The average molecular weight is 416 g/mol. The first-order valence-corrected chi connectivity index (χ1v) is 11.5. The molecule has 0 aliphatic carbocycles. The second-order valence-corrected chi connectivity index (χ2v) is 9.97. The van der Waals surface area contributed by atoms with Gasteiger partial charge in [0.15, 0.2) is 0 Å². The lowest BCUT2D eigenvalue weighted by molar-refractivity contribution is -0.0272. The van der Waals surface area contributed by atoms with E-state index in [1.54, 1.807) is 0 Å². The number of anilines is 1. The van der Waals surface area contributed by atoms with Gasteiger partial charge in [-0.2, -0.15) is 0 Å². The van der Waals surface area contributed by atoms with Gasteiger partial charge in [-0.15, -0.1) is 0 Å².